The van der Waals surface area contributed by atoms with Crippen molar-refractivity contribution in [1.29, 1.82) is 0 Å². The average molecular weight is 368 g/mol. The van der Waals surface area contributed by atoms with Crippen LogP contribution in [0, 0.1) is 11.6 Å². The van der Waals surface area contributed by atoms with Crippen LogP contribution in [0.3, 0.4) is 0 Å². The first-order valence-corrected chi connectivity index (χ1v) is 8.11. The second-order valence-corrected chi connectivity index (χ2v) is 6.05. The number of hydrogen-bond donors (Lipinski definition) is 2. The molecule has 2 heterocycles. The molecule has 1 atom stereocenters. The fraction of sp³-hybridized carbons (Fsp3) is 0.438. The van der Waals surface area contributed by atoms with Crippen LogP contribution in [-0.4, -0.2) is 55.2 Å². The van der Waals surface area contributed by atoms with Gasteiger partial charge in [0.25, 0.3) is 0 Å². The van der Waals surface area contributed by atoms with Crippen molar-refractivity contribution in [1.82, 2.24) is 5.32 Å². The second-order valence-electron chi connectivity index (χ2n) is 6.05. The molecule has 0 spiro atoms. The molecule has 0 aromatic heterocycles. The topological polar surface area (TPSA) is 94.5 Å². The van der Waals surface area contributed by atoms with Crippen LogP contribution >= 0.6 is 0 Å². The third-order valence-corrected chi connectivity index (χ3v) is 4.24. The maximum atomic E-state index is 14.4. The number of carbonyl (C=O) groups is 2. The van der Waals surface area contributed by atoms with E-state index in [4.69, 9.17) is 9.94 Å². The average Bonchev–Trinajstić information content (AvgIpc) is 2.94. The lowest BCUT2D eigenvalue weighted by Gasteiger charge is -2.34. The number of ether oxygens (including phenoxy) is 1. The van der Waals surface area contributed by atoms with E-state index in [1.165, 1.54) is 4.90 Å². The van der Waals surface area contributed by atoms with Crippen LogP contribution in [0.5, 0.6) is 0 Å². The Morgan fingerprint density at radius 2 is 2.04 bits per heavy atom. The molecule has 2 aliphatic heterocycles. The van der Waals surface area contributed by atoms with Gasteiger partial charge in [-0.25, -0.2) is 13.6 Å². The third kappa shape index (κ3) is 3.39. The van der Waals surface area contributed by atoms with E-state index in [-0.39, 0.29) is 43.5 Å². The molecule has 0 bridgehead atoms. The summed E-state index contributed by atoms with van der Waals surface area (Å²) in [6.45, 7) is 2.17. The Labute approximate surface area is 148 Å². The third-order valence-electron chi connectivity index (χ3n) is 4.24. The van der Waals surface area contributed by atoms with Crippen molar-refractivity contribution < 1.29 is 28.3 Å². The van der Waals surface area contributed by atoms with E-state index in [1.807, 2.05) is 0 Å². The summed E-state index contributed by atoms with van der Waals surface area (Å²) >= 11 is 0. The first-order valence-electron chi connectivity index (χ1n) is 8.11. The van der Waals surface area contributed by atoms with Crippen LogP contribution in [0.25, 0.3) is 0 Å². The van der Waals surface area contributed by atoms with Crippen molar-refractivity contribution in [2.45, 2.75) is 19.4 Å². The highest BCUT2D eigenvalue weighted by atomic mass is 19.1. The zero-order valence-corrected chi connectivity index (χ0v) is 14.0. The van der Waals surface area contributed by atoms with Gasteiger partial charge in [0.2, 0.25) is 5.91 Å². The maximum Gasteiger partial charge on any atom is 0.414 e. The van der Waals surface area contributed by atoms with Crippen LogP contribution in [0.1, 0.15) is 13.3 Å². The molecule has 10 heteroatoms. The molecule has 0 saturated carbocycles. The first-order chi connectivity index (χ1) is 12.4. The Bertz CT molecular complexity index is 740. The first kappa shape index (κ1) is 17.9. The molecule has 140 valence electrons. The zero-order valence-electron chi connectivity index (χ0n) is 14.0. The van der Waals surface area contributed by atoms with E-state index < -0.39 is 23.8 Å². The normalized spacial score (nSPS) is 19.3. The van der Waals surface area contributed by atoms with E-state index in [1.54, 1.807) is 6.92 Å². The summed E-state index contributed by atoms with van der Waals surface area (Å²) in [5.41, 5.74) is 0.225. The van der Waals surface area contributed by atoms with Gasteiger partial charge in [-0.2, -0.15) is 0 Å². The number of rotatable bonds is 5. The summed E-state index contributed by atoms with van der Waals surface area (Å²) in [7, 11) is 0. The minimum Gasteiger partial charge on any atom is -0.442 e. The number of nitrogens with zero attached hydrogens (tertiary/aromatic N) is 3. The molecule has 2 aliphatic rings. The van der Waals surface area contributed by atoms with Gasteiger partial charge in [-0.3, -0.25) is 9.69 Å². The highest BCUT2D eigenvalue weighted by molar-refractivity contribution is 5.99. The van der Waals surface area contributed by atoms with Gasteiger partial charge in [-0.15, -0.1) is 0 Å². The molecular formula is C16H18F2N4O4. The number of anilines is 2. The highest BCUT2D eigenvalue weighted by Crippen LogP contribution is 2.32. The molecule has 0 radical (unpaired) electrons. The van der Waals surface area contributed by atoms with Crippen molar-refractivity contribution in [3.05, 3.63) is 23.8 Å². The summed E-state index contributed by atoms with van der Waals surface area (Å²) < 4.78 is 33.9. The van der Waals surface area contributed by atoms with Gasteiger partial charge in [0.15, 0.2) is 11.6 Å². The van der Waals surface area contributed by atoms with Gasteiger partial charge < -0.3 is 20.2 Å². The lowest BCUT2D eigenvalue weighted by molar-refractivity contribution is -0.121. The van der Waals surface area contributed by atoms with Crippen molar-refractivity contribution in [2.24, 2.45) is 5.16 Å². The Kier molecular flexibility index (Phi) is 4.92. The molecule has 8 nitrogen and oxygen atoms in total. The number of carbonyl (C=O) groups excluding carboxylic acids is 2. The van der Waals surface area contributed by atoms with E-state index in [0.29, 0.717) is 12.1 Å². The summed E-state index contributed by atoms with van der Waals surface area (Å²) in [5, 5.41) is 14.2. The number of cyclic esters (lactones) is 1. The molecular weight excluding hydrogens is 350 g/mol. The molecule has 2 saturated heterocycles. The molecule has 0 aliphatic carbocycles. The second kappa shape index (κ2) is 7.14. The molecule has 2 N–H and O–H groups in total. The van der Waals surface area contributed by atoms with Gasteiger partial charge in [0, 0.05) is 18.6 Å². The lowest BCUT2D eigenvalue weighted by atomic mass is 10.1. The SMILES string of the molecule is CCC(=O)NC[C@H]1CN(c2cc(F)c(N3CC(=NO)C3)c(F)c2)C(=O)O1. The molecule has 1 aromatic rings. The maximum absolute atomic E-state index is 14.4. The van der Waals surface area contributed by atoms with Crippen LogP contribution in [0.15, 0.2) is 17.3 Å². The number of halogens is 2. The molecule has 3 rings (SSSR count). The molecule has 1 aromatic carbocycles. The minimum absolute atomic E-state index is 0.0367. The Hall–Kier alpha value is -2.91. The Balaban J connectivity index is 1.71. The van der Waals surface area contributed by atoms with Crippen LogP contribution in [0.4, 0.5) is 25.0 Å². The monoisotopic (exact) mass is 368 g/mol. The van der Waals surface area contributed by atoms with E-state index in [2.05, 4.69) is 10.5 Å². The molecule has 0 unspecified atom stereocenters. The molecule has 2 amide bonds. The summed E-state index contributed by atoms with van der Waals surface area (Å²) in [6.07, 6.45) is -1.02. The van der Waals surface area contributed by atoms with Crippen molar-refractivity contribution in [3.63, 3.8) is 0 Å². The predicted octanol–water partition coefficient (Wildman–Crippen LogP) is 1.47. The standard InChI is InChI=1S/C16H18F2N4O4/c1-2-14(23)19-5-11-8-22(16(24)26-11)10-3-12(17)15(13(18)4-10)21-6-9(7-21)20-25/h3-4,11,25H,2,5-8H2,1H3,(H,19,23)/t11-/m0/s1. The van der Waals surface area contributed by atoms with E-state index in [0.717, 1.165) is 17.0 Å². The van der Waals surface area contributed by atoms with Gasteiger partial charge in [-0.1, -0.05) is 12.1 Å². The molecule has 26 heavy (non-hydrogen) atoms. The van der Waals surface area contributed by atoms with Crippen molar-refractivity contribution >= 4 is 29.1 Å². The Morgan fingerprint density at radius 1 is 1.38 bits per heavy atom. The van der Waals surface area contributed by atoms with Crippen LogP contribution < -0.4 is 15.1 Å². The van der Waals surface area contributed by atoms with E-state index in [9.17, 15) is 18.4 Å². The fourth-order valence-corrected chi connectivity index (χ4v) is 2.82. The van der Waals surface area contributed by atoms with Gasteiger partial charge in [0.05, 0.1) is 37.6 Å². The van der Waals surface area contributed by atoms with Crippen molar-refractivity contribution in [3.8, 4) is 0 Å². The fourth-order valence-electron chi connectivity index (χ4n) is 2.82. The highest BCUT2D eigenvalue weighted by Gasteiger charge is 2.34. The van der Waals surface area contributed by atoms with Crippen LogP contribution in [-0.2, 0) is 9.53 Å². The smallest absolute Gasteiger partial charge is 0.414 e. The summed E-state index contributed by atoms with van der Waals surface area (Å²) in [4.78, 5) is 25.8. The van der Waals surface area contributed by atoms with Crippen molar-refractivity contribution in [2.75, 3.05) is 36.0 Å². The summed E-state index contributed by atoms with van der Waals surface area (Å²) in [6, 6.07) is 2.11. The summed E-state index contributed by atoms with van der Waals surface area (Å²) in [5.74, 6) is -1.83. The van der Waals surface area contributed by atoms with Gasteiger partial charge in [0.1, 0.15) is 11.8 Å². The van der Waals surface area contributed by atoms with Gasteiger partial charge >= 0.3 is 6.09 Å². The number of amides is 2. The number of benzene rings is 1. The number of hydrogen-bond acceptors (Lipinski definition) is 6. The zero-order chi connectivity index (χ0) is 18.8. The lowest BCUT2D eigenvalue weighted by Crippen LogP contribution is -2.48. The number of oxime groups is 1. The largest absolute Gasteiger partial charge is 0.442 e. The van der Waals surface area contributed by atoms with Gasteiger partial charge in [-0.05, 0) is 0 Å². The Morgan fingerprint density at radius 3 is 2.62 bits per heavy atom. The minimum atomic E-state index is -0.826. The quantitative estimate of drug-likeness (QED) is 0.606. The predicted molar refractivity (Wildman–Crippen MR) is 88.7 cm³/mol. The van der Waals surface area contributed by atoms with E-state index >= 15 is 0 Å². The molecule has 2 fully saturated rings. The number of nitrogens with one attached hydrogen (secondary N) is 1. The van der Waals surface area contributed by atoms with Crippen LogP contribution in [0.2, 0.25) is 0 Å².